The lowest BCUT2D eigenvalue weighted by Gasteiger charge is -2.10. The number of benzene rings is 2. The summed E-state index contributed by atoms with van der Waals surface area (Å²) >= 11 is 3.30. The zero-order valence-electron chi connectivity index (χ0n) is 12.0. The Balaban J connectivity index is 2.06. The molecule has 0 saturated heterocycles. The van der Waals surface area contributed by atoms with Crippen LogP contribution in [-0.4, -0.2) is 25.0 Å². The number of carbonyl (C=O) groups is 2. The molecule has 0 radical (unpaired) electrons. The first kappa shape index (κ1) is 16.2. The Bertz CT molecular complexity index is 668. The highest BCUT2D eigenvalue weighted by atomic mass is 79.9. The summed E-state index contributed by atoms with van der Waals surface area (Å²) in [4.78, 5) is 24.1. The van der Waals surface area contributed by atoms with Gasteiger partial charge in [0.15, 0.2) is 12.4 Å². The lowest BCUT2D eigenvalue weighted by Crippen LogP contribution is -2.15. The highest BCUT2D eigenvalue weighted by molar-refractivity contribution is 9.10. The first-order chi connectivity index (χ1) is 10.6. The van der Waals surface area contributed by atoms with Gasteiger partial charge in [-0.1, -0.05) is 46.3 Å². The molecule has 0 aliphatic rings. The molecule has 0 bridgehead atoms. The van der Waals surface area contributed by atoms with Gasteiger partial charge >= 0.3 is 5.97 Å². The number of ether oxygens (including phenoxy) is 2. The van der Waals surface area contributed by atoms with Gasteiger partial charge in [0, 0.05) is 10.0 Å². The van der Waals surface area contributed by atoms with Crippen LogP contribution in [0.1, 0.15) is 27.6 Å². The number of carbonyl (C=O) groups excluding carboxylic acids is 2. The van der Waals surface area contributed by atoms with E-state index in [-0.39, 0.29) is 18.0 Å². The molecule has 0 unspecified atom stereocenters. The van der Waals surface area contributed by atoms with Gasteiger partial charge in [0.1, 0.15) is 11.3 Å². The van der Waals surface area contributed by atoms with Crippen LogP contribution in [0.25, 0.3) is 0 Å². The summed E-state index contributed by atoms with van der Waals surface area (Å²) in [5, 5.41) is 0. The second-order valence-corrected chi connectivity index (χ2v) is 5.35. The van der Waals surface area contributed by atoms with Gasteiger partial charge in [0.25, 0.3) is 0 Å². The highest BCUT2D eigenvalue weighted by Gasteiger charge is 2.16. The van der Waals surface area contributed by atoms with Gasteiger partial charge in [-0.2, -0.15) is 0 Å². The standard InChI is InChI=1S/C17H15BrO4/c1-2-21-16-9-8-13(18)10-14(16)17(20)22-11-15(19)12-6-4-3-5-7-12/h3-10H,2,11H2,1H3. The van der Waals surface area contributed by atoms with E-state index in [1.165, 1.54) is 0 Å². The fraction of sp³-hybridized carbons (Fsp3) is 0.176. The summed E-state index contributed by atoms with van der Waals surface area (Å²) in [6, 6.07) is 13.8. The van der Waals surface area contributed by atoms with Crippen LogP contribution in [0, 0.1) is 0 Å². The van der Waals surface area contributed by atoms with E-state index in [9.17, 15) is 9.59 Å². The molecule has 0 atom stereocenters. The summed E-state index contributed by atoms with van der Waals surface area (Å²) in [6.07, 6.45) is 0. The normalized spacial score (nSPS) is 10.1. The molecule has 0 fully saturated rings. The second-order valence-electron chi connectivity index (χ2n) is 4.44. The maximum Gasteiger partial charge on any atom is 0.342 e. The van der Waals surface area contributed by atoms with Crippen LogP contribution < -0.4 is 4.74 Å². The molecule has 4 nitrogen and oxygen atoms in total. The lowest BCUT2D eigenvalue weighted by atomic mass is 10.1. The molecule has 0 N–H and O–H groups in total. The minimum Gasteiger partial charge on any atom is -0.493 e. The molecule has 0 heterocycles. The zero-order chi connectivity index (χ0) is 15.9. The number of rotatable bonds is 6. The van der Waals surface area contributed by atoms with E-state index < -0.39 is 5.97 Å². The van der Waals surface area contributed by atoms with Crippen molar-refractivity contribution in [2.24, 2.45) is 0 Å². The third-order valence-electron chi connectivity index (χ3n) is 2.89. The monoisotopic (exact) mass is 362 g/mol. The molecular formula is C17H15BrO4. The van der Waals surface area contributed by atoms with Gasteiger partial charge in [-0.15, -0.1) is 0 Å². The molecule has 114 valence electrons. The third kappa shape index (κ3) is 4.18. The average Bonchev–Trinajstić information content (AvgIpc) is 2.55. The maximum atomic E-state index is 12.2. The number of esters is 1. The molecule has 0 aliphatic carbocycles. The topological polar surface area (TPSA) is 52.6 Å². The predicted octanol–water partition coefficient (Wildman–Crippen LogP) is 3.89. The van der Waals surface area contributed by atoms with Crippen molar-refractivity contribution in [3.05, 3.63) is 64.1 Å². The van der Waals surface area contributed by atoms with Crippen LogP contribution in [0.4, 0.5) is 0 Å². The number of halogens is 1. The Morgan fingerprint density at radius 3 is 2.50 bits per heavy atom. The van der Waals surface area contributed by atoms with Gasteiger partial charge < -0.3 is 9.47 Å². The average molecular weight is 363 g/mol. The lowest BCUT2D eigenvalue weighted by molar-refractivity contribution is 0.0471. The Hall–Kier alpha value is -2.14. The number of ketones is 1. The van der Waals surface area contributed by atoms with Gasteiger partial charge in [-0.3, -0.25) is 4.79 Å². The van der Waals surface area contributed by atoms with Crippen molar-refractivity contribution in [2.75, 3.05) is 13.2 Å². The summed E-state index contributed by atoms with van der Waals surface area (Å²) in [5.74, 6) is -0.404. The Morgan fingerprint density at radius 2 is 1.82 bits per heavy atom. The van der Waals surface area contributed by atoms with Crippen LogP contribution in [0.2, 0.25) is 0 Å². The van der Waals surface area contributed by atoms with Gasteiger partial charge in [0.2, 0.25) is 0 Å². The van der Waals surface area contributed by atoms with Gasteiger partial charge in [-0.25, -0.2) is 4.79 Å². The largest absolute Gasteiger partial charge is 0.493 e. The van der Waals surface area contributed by atoms with Crippen molar-refractivity contribution in [3.63, 3.8) is 0 Å². The first-order valence-electron chi connectivity index (χ1n) is 6.79. The highest BCUT2D eigenvalue weighted by Crippen LogP contribution is 2.24. The Kier molecular flexibility index (Phi) is 5.72. The molecule has 2 aromatic rings. The molecule has 0 saturated carbocycles. The van der Waals surface area contributed by atoms with Crippen molar-refractivity contribution >= 4 is 27.7 Å². The summed E-state index contributed by atoms with van der Waals surface area (Å²) in [5.41, 5.74) is 0.798. The van der Waals surface area contributed by atoms with Crippen LogP contribution in [-0.2, 0) is 4.74 Å². The molecular weight excluding hydrogens is 348 g/mol. The Labute approximate surface area is 137 Å². The molecule has 2 aromatic carbocycles. The summed E-state index contributed by atoms with van der Waals surface area (Å²) < 4.78 is 11.2. The number of Topliss-reactive ketones (excluding diaryl/α,β-unsaturated/α-hetero) is 1. The van der Waals surface area contributed by atoms with E-state index in [0.29, 0.717) is 17.9 Å². The van der Waals surface area contributed by atoms with Crippen LogP contribution in [0.5, 0.6) is 5.75 Å². The van der Waals surface area contributed by atoms with E-state index in [4.69, 9.17) is 9.47 Å². The van der Waals surface area contributed by atoms with E-state index in [1.807, 2.05) is 13.0 Å². The van der Waals surface area contributed by atoms with Gasteiger partial charge in [-0.05, 0) is 25.1 Å². The molecule has 0 aromatic heterocycles. The molecule has 0 aliphatic heterocycles. The Morgan fingerprint density at radius 1 is 1.09 bits per heavy atom. The van der Waals surface area contributed by atoms with Crippen LogP contribution >= 0.6 is 15.9 Å². The van der Waals surface area contributed by atoms with Crippen molar-refractivity contribution in [3.8, 4) is 5.75 Å². The third-order valence-corrected chi connectivity index (χ3v) is 3.38. The fourth-order valence-corrected chi connectivity index (χ4v) is 2.22. The maximum absolute atomic E-state index is 12.2. The number of hydrogen-bond acceptors (Lipinski definition) is 4. The van der Waals surface area contributed by atoms with Crippen LogP contribution in [0.3, 0.4) is 0 Å². The van der Waals surface area contributed by atoms with E-state index in [2.05, 4.69) is 15.9 Å². The van der Waals surface area contributed by atoms with Crippen molar-refractivity contribution < 1.29 is 19.1 Å². The van der Waals surface area contributed by atoms with Crippen molar-refractivity contribution in [1.82, 2.24) is 0 Å². The molecule has 22 heavy (non-hydrogen) atoms. The summed E-state index contributed by atoms with van der Waals surface area (Å²) in [6.45, 7) is 1.96. The quantitative estimate of drug-likeness (QED) is 0.577. The predicted molar refractivity (Wildman–Crippen MR) is 86.4 cm³/mol. The van der Waals surface area contributed by atoms with E-state index >= 15 is 0 Å². The minimum absolute atomic E-state index is 0.248. The van der Waals surface area contributed by atoms with Crippen LogP contribution in [0.15, 0.2) is 53.0 Å². The van der Waals surface area contributed by atoms with E-state index in [0.717, 1.165) is 4.47 Å². The second kappa shape index (κ2) is 7.75. The molecule has 5 heteroatoms. The van der Waals surface area contributed by atoms with Gasteiger partial charge in [0.05, 0.1) is 6.61 Å². The zero-order valence-corrected chi connectivity index (χ0v) is 13.6. The molecule has 0 spiro atoms. The molecule has 0 amide bonds. The van der Waals surface area contributed by atoms with Crippen molar-refractivity contribution in [1.29, 1.82) is 0 Å². The number of hydrogen-bond donors (Lipinski definition) is 0. The molecule has 2 rings (SSSR count). The smallest absolute Gasteiger partial charge is 0.342 e. The summed E-state index contributed by atoms with van der Waals surface area (Å²) in [7, 11) is 0. The van der Waals surface area contributed by atoms with Crippen molar-refractivity contribution in [2.45, 2.75) is 6.92 Å². The minimum atomic E-state index is -0.589. The van der Waals surface area contributed by atoms with E-state index in [1.54, 1.807) is 42.5 Å². The SMILES string of the molecule is CCOc1ccc(Br)cc1C(=O)OCC(=O)c1ccccc1. The first-order valence-corrected chi connectivity index (χ1v) is 7.59. The fourth-order valence-electron chi connectivity index (χ4n) is 1.86.